The van der Waals surface area contributed by atoms with E-state index in [1.54, 1.807) is 0 Å². The SMILES string of the molecule is CCCCCCCCCCCCCCCCC(=O)OC(COCCCCCCCCCC)COP(=O)(O)OCCN. The zero-order valence-corrected chi connectivity index (χ0v) is 27.7. The van der Waals surface area contributed by atoms with Gasteiger partial charge < -0.3 is 20.1 Å². The van der Waals surface area contributed by atoms with Crippen LogP contribution >= 0.6 is 7.82 Å². The topological polar surface area (TPSA) is 117 Å². The van der Waals surface area contributed by atoms with Crippen LogP contribution < -0.4 is 5.73 Å². The lowest BCUT2D eigenvalue weighted by molar-refractivity contribution is -0.154. The summed E-state index contributed by atoms with van der Waals surface area (Å²) in [4.78, 5) is 22.2. The van der Waals surface area contributed by atoms with Gasteiger partial charge in [0.15, 0.2) is 0 Å². The van der Waals surface area contributed by atoms with Gasteiger partial charge in [-0.15, -0.1) is 0 Å². The van der Waals surface area contributed by atoms with Crippen molar-refractivity contribution in [3.8, 4) is 0 Å². The molecule has 0 aliphatic carbocycles. The summed E-state index contributed by atoms with van der Waals surface area (Å²) >= 11 is 0. The Morgan fingerprint density at radius 2 is 1.07 bits per heavy atom. The summed E-state index contributed by atoms with van der Waals surface area (Å²) in [5.41, 5.74) is 5.33. The lowest BCUT2D eigenvalue weighted by Gasteiger charge is -2.20. The molecule has 0 aromatic heterocycles. The van der Waals surface area contributed by atoms with E-state index in [0.29, 0.717) is 13.0 Å². The largest absolute Gasteiger partial charge is 0.472 e. The van der Waals surface area contributed by atoms with Gasteiger partial charge in [0.2, 0.25) is 0 Å². The summed E-state index contributed by atoms with van der Waals surface area (Å²) in [6, 6.07) is 0. The van der Waals surface area contributed by atoms with E-state index in [2.05, 4.69) is 13.8 Å². The van der Waals surface area contributed by atoms with Crippen LogP contribution in [-0.4, -0.2) is 49.9 Å². The number of rotatable bonds is 33. The quantitative estimate of drug-likeness (QED) is 0.0431. The zero-order chi connectivity index (χ0) is 30.3. The normalized spacial score (nSPS) is 13.8. The molecule has 0 bridgehead atoms. The van der Waals surface area contributed by atoms with E-state index in [-0.39, 0.29) is 32.3 Å². The molecular formula is C32H66NO7P. The number of unbranched alkanes of at least 4 members (excludes halogenated alkanes) is 20. The van der Waals surface area contributed by atoms with E-state index < -0.39 is 13.9 Å². The maximum Gasteiger partial charge on any atom is 0.472 e. The van der Waals surface area contributed by atoms with Crippen LogP contribution in [-0.2, 0) is 27.9 Å². The molecule has 0 saturated heterocycles. The number of hydrogen-bond acceptors (Lipinski definition) is 7. The van der Waals surface area contributed by atoms with E-state index in [1.807, 2.05) is 0 Å². The van der Waals surface area contributed by atoms with Gasteiger partial charge in [-0.2, -0.15) is 0 Å². The standard InChI is InChI=1S/C32H66NO7P/c1-3-5-7-9-11-13-14-15-16-17-18-19-21-23-25-32(34)40-31(30-39-41(35,36)38-28-26-33)29-37-27-24-22-20-12-10-8-6-4-2/h31H,3-30,33H2,1-2H3,(H,35,36). The van der Waals surface area contributed by atoms with Crippen molar-refractivity contribution in [2.75, 3.05) is 33.0 Å². The van der Waals surface area contributed by atoms with E-state index in [0.717, 1.165) is 32.1 Å². The average molecular weight is 608 g/mol. The van der Waals surface area contributed by atoms with E-state index >= 15 is 0 Å². The highest BCUT2D eigenvalue weighted by molar-refractivity contribution is 7.47. The molecule has 0 amide bonds. The van der Waals surface area contributed by atoms with Crippen LogP contribution in [0.15, 0.2) is 0 Å². The van der Waals surface area contributed by atoms with Crippen LogP contribution in [0.4, 0.5) is 0 Å². The van der Waals surface area contributed by atoms with Crippen molar-refractivity contribution in [1.82, 2.24) is 0 Å². The first-order valence-corrected chi connectivity index (χ1v) is 18.5. The van der Waals surface area contributed by atoms with Crippen molar-refractivity contribution in [2.45, 2.75) is 168 Å². The maximum atomic E-state index is 12.4. The summed E-state index contributed by atoms with van der Waals surface area (Å²) in [7, 11) is -4.25. The minimum Gasteiger partial charge on any atom is -0.457 e. The molecule has 0 aliphatic rings. The fourth-order valence-corrected chi connectivity index (χ4v) is 5.53. The highest BCUT2D eigenvalue weighted by atomic mass is 31.2. The highest BCUT2D eigenvalue weighted by Gasteiger charge is 2.25. The third-order valence-corrected chi connectivity index (χ3v) is 8.26. The van der Waals surface area contributed by atoms with Crippen molar-refractivity contribution in [3.63, 3.8) is 0 Å². The first kappa shape index (κ1) is 40.5. The summed E-state index contributed by atoms with van der Waals surface area (Å²) in [6.45, 7) is 4.91. The number of nitrogens with two attached hydrogens (primary N) is 1. The Kier molecular flexibility index (Phi) is 30.6. The lowest BCUT2D eigenvalue weighted by atomic mass is 10.0. The second kappa shape index (κ2) is 30.9. The molecule has 2 atom stereocenters. The lowest BCUT2D eigenvalue weighted by Crippen LogP contribution is -2.28. The molecule has 3 N–H and O–H groups in total. The summed E-state index contributed by atoms with van der Waals surface area (Å²) in [6.07, 6.45) is 26.8. The minimum absolute atomic E-state index is 0.0910. The van der Waals surface area contributed by atoms with Gasteiger partial charge in [0.1, 0.15) is 6.10 Å². The van der Waals surface area contributed by atoms with Gasteiger partial charge >= 0.3 is 13.8 Å². The molecule has 0 aromatic carbocycles. The number of esters is 1. The number of carbonyl (C=O) groups excluding carboxylic acids is 1. The van der Waals surface area contributed by atoms with Crippen molar-refractivity contribution >= 4 is 13.8 Å². The molecule has 0 radical (unpaired) electrons. The number of carbonyl (C=O) groups is 1. The van der Waals surface area contributed by atoms with Gasteiger partial charge in [-0.3, -0.25) is 13.8 Å². The van der Waals surface area contributed by atoms with Crippen molar-refractivity contribution in [2.24, 2.45) is 5.73 Å². The molecule has 9 heteroatoms. The van der Waals surface area contributed by atoms with Crippen LogP contribution in [0, 0.1) is 0 Å². The first-order valence-electron chi connectivity index (χ1n) is 17.0. The summed E-state index contributed by atoms with van der Waals surface area (Å²) in [5.74, 6) is -0.330. The van der Waals surface area contributed by atoms with E-state index in [1.165, 1.54) is 109 Å². The fourth-order valence-electron chi connectivity index (χ4n) is 4.76. The second-order valence-corrected chi connectivity index (χ2v) is 12.8. The summed E-state index contributed by atoms with van der Waals surface area (Å²) in [5, 5.41) is 0. The summed E-state index contributed by atoms with van der Waals surface area (Å²) < 4.78 is 33.1. The van der Waals surface area contributed by atoms with Gasteiger partial charge in [0.25, 0.3) is 0 Å². The Labute approximate surface area is 252 Å². The molecule has 0 heterocycles. The Morgan fingerprint density at radius 1 is 0.634 bits per heavy atom. The van der Waals surface area contributed by atoms with Crippen molar-refractivity contribution in [3.05, 3.63) is 0 Å². The van der Waals surface area contributed by atoms with Gasteiger partial charge in [0.05, 0.1) is 19.8 Å². The monoisotopic (exact) mass is 607 g/mol. The second-order valence-electron chi connectivity index (χ2n) is 11.4. The Balaban J connectivity index is 4.07. The molecule has 0 fully saturated rings. The van der Waals surface area contributed by atoms with Crippen LogP contribution in [0.2, 0.25) is 0 Å². The predicted molar refractivity (Wildman–Crippen MR) is 169 cm³/mol. The predicted octanol–water partition coefficient (Wildman–Crippen LogP) is 9.02. The smallest absolute Gasteiger partial charge is 0.457 e. The Hall–Kier alpha value is -0.500. The highest BCUT2D eigenvalue weighted by Crippen LogP contribution is 2.43. The van der Waals surface area contributed by atoms with Gasteiger partial charge in [-0.05, 0) is 12.8 Å². The van der Waals surface area contributed by atoms with Crippen LogP contribution in [0.3, 0.4) is 0 Å². The molecule has 0 rings (SSSR count). The number of phosphoric acid groups is 1. The molecule has 0 spiro atoms. The maximum absolute atomic E-state index is 12.4. The Bertz CT molecular complexity index is 609. The van der Waals surface area contributed by atoms with Gasteiger partial charge in [-0.25, -0.2) is 4.57 Å². The minimum atomic E-state index is -4.25. The van der Waals surface area contributed by atoms with Gasteiger partial charge in [0, 0.05) is 19.6 Å². The molecule has 0 aromatic rings. The van der Waals surface area contributed by atoms with Crippen LogP contribution in [0.25, 0.3) is 0 Å². The molecule has 0 aliphatic heterocycles. The Morgan fingerprint density at radius 3 is 1.54 bits per heavy atom. The molecule has 41 heavy (non-hydrogen) atoms. The number of hydrogen-bond donors (Lipinski definition) is 2. The molecule has 246 valence electrons. The molecule has 8 nitrogen and oxygen atoms in total. The molecule has 2 unspecified atom stereocenters. The van der Waals surface area contributed by atoms with Crippen molar-refractivity contribution < 1.29 is 32.8 Å². The van der Waals surface area contributed by atoms with Crippen molar-refractivity contribution in [1.29, 1.82) is 0 Å². The number of ether oxygens (including phenoxy) is 2. The average Bonchev–Trinajstić information content (AvgIpc) is 2.96. The molecular weight excluding hydrogens is 541 g/mol. The van der Waals surface area contributed by atoms with E-state index in [9.17, 15) is 14.3 Å². The molecule has 0 saturated carbocycles. The number of phosphoric ester groups is 1. The van der Waals surface area contributed by atoms with E-state index in [4.69, 9.17) is 24.3 Å². The third-order valence-electron chi connectivity index (χ3n) is 7.27. The van der Waals surface area contributed by atoms with Crippen LogP contribution in [0.5, 0.6) is 0 Å². The zero-order valence-electron chi connectivity index (χ0n) is 26.8. The fraction of sp³-hybridized carbons (Fsp3) is 0.969. The van der Waals surface area contributed by atoms with Gasteiger partial charge in [-0.1, -0.05) is 142 Å². The third kappa shape index (κ3) is 30.8. The first-order chi connectivity index (χ1) is 19.9. The van der Waals surface area contributed by atoms with Crippen LogP contribution in [0.1, 0.15) is 162 Å².